The lowest BCUT2D eigenvalue weighted by Crippen LogP contribution is -2.43. The summed E-state index contributed by atoms with van der Waals surface area (Å²) in [5.74, 6) is -1.26. The molecule has 0 saturated heterocycles. The molecule has 0 radical (unpaired) electrons. The molecule has 0 bridgehead atoms. The van der Waals surface area contributed by atoms with E-state index in [1.54, 1.807) is 0 Å². The fraction of sp³-hybridized carbons (Fsp3) is 0.500. The van der Waals surface area contributed by atoms with Gasteiger partial charge >= 0.3 is 17.9 Å². The number of hydrogen-bond acceptors (Lipinski definition) is 11. The number of carbonyl (C=O) groups is 3. The van der Waals surface area contributed by atoms with E-state index in [9.17, 15) is 14.4 Å². The van der Waals surface area contributed by atoms with Gasteiger partial charge in [0.05, 0.1) is 58.3 Å². The minimum Gasteiger partial charge on any atom is -0.492 e. The summed E-state index contributed by atoms with van der Waals surface area (Å²) < 4.78 is 43.1. The highest BCUT2D eigenvalue weighted by Crippen LogP contribution is 2.21. The van der Waals surface area contributed by atoms with Crippen LogP contribution in [0.1, 0.15) is 0 Å². The van der Waals surface area contributed by atoms with Crippen LogP contribution in [0.15, 0.2) is 63.0 Å². The number of carbonyl (C=O) groups excluding carboxylic acids is 3. The Morgan fingerprint density at radius 1 is 0.486 bits per heavy atom. The second kappa shape index (κ2) is 22.0. The molecule has 0 aliphatic heterocycles. The number of ether oxygens (including phenoxy) is 8. The average molecular weight is 527 g/mol. The first kappa shape index (κ1) is 33.8. The Kier molecular flexibility index (Phi) is 20.1. The molecule has 11 nitrogen and oxygen atoms in total. The van der Waals surface area contributed by atoms with Gasteiger partial charge in [-0.1, -0.05) is 32.9 Å². The van der Waals surface area contributed by atoms with Gasteiger partial charge in [-0.25, -0.2) is 14.4 Å². The largest absolute Gasteiger partial charge is 0.492 e. The Balaban J connectivity index is 5.11. The smallest absolute Gasteiger partial charge is 0.330 e. The van der Waals surface area contributed by atoms with Gasteiger partial charge in [-0.15, -0.1) is 0 Å². The van der Waals surface area contributed by atoms with Crippen LogP contribution in [-0.2, 0) is 52.3 Å². The van der Waals surface area contributed by atoms with Gasteiger partial charge in [0.15, 0.2) is 0 Å². The summed E-state index contributed by atoms with van der Waals surface area (Å²) in [6.45, 7) is 18.6. The van der Waals surface area contributed by atoms with Gasteiger partial charge < -0.3 is 37.9 Å². The van der Waals surface area contributed by atoms with E-state index in [0.29, 0.717) is 5.76 Å². The van der Waals surface area contributed by atoms with Crippen molar-refractivity contribution in [2.75, 3.05) is 79.3 Å². The zero-order chi connectivity index (χ0) is 27.8. The van der Waals surface area contributed by atoms with Gasteiger partial charge in [0.2, 0.25) is 0 Å². The first-order valence-electron chi connectivity index (χ1n) is 11.4. The van der Waals surface area contributed by atoms with Crippen molar-refractivity contribution in [1.29, 1.82) is 0 Å². The van der Waals surface area contributed by atoms with Gasteiger partial charge in [-0.2, -0.15) is 0 Å². The maximum atomic E-state index is 11.2. The molecule has 0 saturated carbocycles. The molecule has 0 spiro atoms. The molecule has 11 heteroatoms. The summed E-state index contributed by atoms with van der Waals surface area (Å²) in [6, 6.07) is 0. The van der Waals surface area contributed by atoms with Crippen LogP contribution in [0, 0.1) is 5.41 Å². The lowest BCUT2D eigenvalue weighted by molar-refractivity contribution is -0.145. The Hall–Kier alpha value is -3.25. The molecule has 208 valence electrons. The van der Waals surface area contributed by atoms with Crippen molar-refractivity contribution in [2.45, 2.75) is 0 Å². The average Bonchev–Trinajstić information content (AvgIpc) is 2.91. The third-order valence-corrected chi connectivity index (χ3v) is 4.29. The summed E-state index contributed by atoms with van der Waals surface area (Å²) in [5.41, 5.74) is -0.817. The van der Waals surface area contributed by atoms with Crippen LogP contribution in [0.25, 0.3) is 0 Å². The molecule has 0 aromatic rings. The predicted octanol–water partition coefficient (Wildman–Crippen LogP) is 1.94. The van der Waals surface area contributed by atoms with Crippen LogP contribution in [0.5, 0.6) is 0 Å². The molecule has 0 aliphatic rings. The van der Waals surface area contributed by atoms with E-state index < -0.39 is 23.3 Å². The fourth-order valence-corrected chi connectivity index (χ4v) is 2.48. The van der Waals surface area contributed by atoms with Gasteiger partial charge in [-0.3, -0.25) is 0 Å². The Bertz CT molecular complexity index is 619. The molecule has 0 heterocycles. The molecular weight excluding hydrogens is 488 g/mol. The third-order valence-electron chi connectivity index (χ3n) is 4.29. The predicted molar refractivity (Wildman–Crippen MR) is 134 cm³/mol. The molecule has 0 aromatic heterocycles. The van der Waals surface area contributed by atoms with E-state index >= 15 is 0 Å². The second-order valence-electron chi connectivity index (χ2n) is 7.34. The van der Waals surface area contributed by atoms with Crippen LogP contribution in [0.4, 0.5) is 0 Å². The molecule has 0 atom stereocenters. The quantitative estimate of drug-likeness (QED) is 0.0433. The van der Waals surface area contributed by atoms with Crippen LogP contribution in [0.2, 0.25) is 0 Å². The molecule has 0 rings (SSSR count). The topological polar surface area (TPSA) is 125 Å². The van der Waals surface area contributed by atoms with E-state index in [1.807, 2.05) is 0 Å². The standard InChI is InChI=1S/C26H38O11/c1-6-22(5)34-14-10-30-18-26(19-31-11-15-35-23(27)7-2,20-32-12-16-36-24(28)8-3)21-33-13-17-37-25(29)9-4/h6-9H,1-5,10-21H2. The zero-order valence-corrected chi connectivity index (χ0v) is 21.3. The van der Waals surface area contributed by atoms with Gasteiger partial charge in [0, 0.05) is 18.2 Å². The first-order chi connectivity index (χ1) is 17.8. The molecule has 0 fully saturated rings. The van der Waals surface area contributed by atoms with Crippen LogP contribution < -0.4 is 0 Å². The Morgan fingerprint density at radius 3 is 1.05 bits per heavy atom. The third kappa shape index (κ3) is 18.6. The van der Waals surface area contributed by atoms with Crippen molar-refractivity contribution in [2.24, 2.45) is 5.41 Å². The Morgan fingerprint density at radius 2 is 0.784 bits per heavy atom. The summed E-state index contributed by atoms with van der Waals surface area (Å²) in [5, 5.41) is 0. The van der Waals surface area contributed by atoms with Crippen molar-refractivity contribution in [1.82, 2.24) is 0 Å². The first-order valence-corrected chi connectivity index (χ1v) is 11.4. The second-order valence-corrected chi connectivity index (χ2v) is 7.34. The van der Waals surface area contributed by atoms with E-state index in [4.69, 9.17) is 37.9 Å². The maximum absolute atomic E-state index is 11.2. The zero-order valence-electron chi connectivity index (χ0n) is 21.3. The molecular formula is C26H38O11. The molecule has 37 heavy (non-hydrogen) atoms. The monoisotopic (exact) mass is 526 g/mol. The summed E-state index contributed by atoms with van der Waals surface area (Å²) >= 11 is 0. The van der Waals surface area contributed by atoms with Gasteiger partial charge in [-0.05, 0) is 6.08 Å². The minimum atomic E-state index is -0.817. The molecule has 0 N–H and O–H groups in total. The number of esters is 3. The van der Waals surface area contributed by atoms with Crippen molar-refractivity contribution in [3.63, 3.8) is 0 Å². The van der Waals surface area contributed by atoms with E-state index in [-0.39, 0.29) is 79.3 Å². The summed E-state index contributed by atoms with van der Waals surface area (Å²) in [4.78, 5) is 33.7. The Labute approximate surface area is 218 Å². The summed E-state index contributed by atoms with van der Waals surface area (Å²) in [6.07, 6.45) is 4.65. The number of rotatable bonds is 25. The molecule has 0 aliphatic carbocycles. The van der Waals surface area contributed by atoms with Crippen LogP contribution in [-0.4, -0.2) is 97.2 Å². The minimum absolute atomic E-state index is 0.0238. The lowest BCUT2D eigenvalue weighted by atomic mass is 9.92. The van der Waals surface area contributed by atoms with Gasteiger partial charge in [0.1, 0.15) is 32.2 Å². The normalized spacial score (nSPS) is 10.6. The van der Waals surface area contributed by atoms with E-state index in [2.05, 4.69) is 32.9 Å². The van der Waals surface area contributed by atoms with E-state index in [0.717, 1.165) is 18.2 Å². The van der Waals surface area contributed by atoms with Gasteiger partial charge in [0.25, 0.3) is 0 Å². The molecule has 0 unspecified atom stereocenters. The van der Waals surface area contributed by atoms with Crippen LogP contribution in [0.3, 0.4) is 0 Å². The van der Waals surface area contributed by atoms with Crippen molar-refractivity contribution in [3.05, 3.63) is 63.0 Å². The highest BCUT2D eigenvalue weighted by Gasteiger charge is 2.32. The highest BCUT2D eigenvalue weighted by atomic mass is 16.6. The lowest BCUT2D eigenvalue weighted by Gasteiger charge is -2.33. The molecule has 0 aromatic carbocycles. The maximum Gasteiger partial charge on any atom is 0.330 e. The van der Waals surface area contributed by atoms with E-state index in [1.165, 1.54) is 6.08 Å². The van der Waals surface area contributed by atoms with Crippen molar-refractivity contribution in [3.8, 4) is 0 Å². The highest BCUT2D eigenvalue weighted by molar-refractivity contribution is 5.81. The molecule has 0 amide bonds. The van der Waals surface area contributed by atoms with Crippen LogP contribution >= 0.6 is 0 Å². The number of hydrogen-bond donors (Lipinski definition) is 0. The fourth-order valence-electron chi connectivity index (χ4n) is 2.48. The van der Waals surface area contributed by atoms with Crippen molar-refractivity contribution < 1.29 is 52.3 Å². The van der Waals surface area contributed by atoms with Crippen molar-refractivity contribution >= 4 is 17.9 Å². The SMILES string of the molecule is C=CC(=C)OCCOCC(COCCOC(=O)C=C)(COCCOC(=O)C=C)COCCOC(=O)C=C. The number of allylic oxidation sites excluding steroid dienone is 1. The summed E-state index contributed by atoms with van der Waals surface area (Å²) in [7, 11) is 0.